The normalized spacial score (nSPS) is 20.3. The first-order valence-corrected chi connectivity index (χ1v) is 4.92. The van der Waals surface area contributed by atoms with Crippen molar-refractivity contribution in [1.29, 1.82) is 0 Å². The van der Waals surface area contributed by atoms with Crippen LogP contribution in [0.15, 0.2) is 18.3 Å². The molecule has 2 N–H and O–H groups in total. The van der Waals surface area contributed by atoms with E-state index in [0.717, 1.165) is 0 Å². The van der Waals surface area contributed by atoms with Crippen molar-refractivity contribution in [3.63, 3.8) is 0 Å². The zero-order valence-corrected chi connectivity index (χ0v) is 8.29. The first kappa shape index (κ1) is 10.1. The van der Waals surface area contributed by atoms with Crippen molar-refractivity contribution in [2.75, 3.05) is 23.7 Å². The molecule has 3 nitrogen and oxygen atoms in total. The number of alkyl halides is 2. The molecule has 0 saturated carbocycles. The summed E-state index contributed by atoms with van der Waals surface area (Å²) < 4.78 is 25.8. The summed E-state index contributed by atoms with van der Waals surface area (Å²) in [6, 6.07) is 3.46. The molecule has 0 bridgehead atoms. The molecule has 0 amide bonds. The molecule has 1 aliphatic heterocycles. The van der Waals surface area contributed by atoms with Gasteiger partial charge in [-0.2, -0.15) is 0 Å². The molecule has 1 saturated heterocycles. The first-order chi connectivity index (χ1) is 7.08. The Kier molecular flexibility index (Phi) is 2.46. The third-order valence-electron chi connectivity index (χ3n) is 2.61. The predicted molar refractivity (Wildman–Crippen MR) is 55.0 cm³/mol. The zero-order valence-electron chi connectivity index (χ0n) is 8.29. The molecule has 0 aromatic carbocycles. The van der Waals surface area contributed by atoms with Crippen molar-refractivity contribution in [3.05, 3.63) is 18.3 Å². The van der Waals surface area contributed by atoms with E-state index < -0.39 is 5.92 Å². The van der Waals surface area contributed by atoms with Crippen molar-refractivity contribution in [2.45, 2.75) is 18.8 Å². The summed E-state index contributed by atoms with van der Waals surface area (Å²) in [5.74, 6) is -1.91. The number of nitrogens with zero attached hydrogens (tertiary/aromatic N) is 2. The lowest BCUT2D eigenvalue weighted by Crippen LogP contribution is -2.40. The predicted octanol–water partition coefficient (Wildman–Crippen LogP) is 1.90. The van der Waals surface area contributed by atoms with Crippen LogP contribution in [0.5, 0.6) is 0 Å². The molecule has 1 fully saturated rings. The number of hydrogen-bond donors (Lipinski definition) is 1. The van der Waals surface area contributed by atoms with Crippen LogP contribution in [0.3, 0.4) is 0 Å². The van der Waals surface area contributed by atoms with Crippen LogP contribution < -0.4 is 10.6 Å². The fourth-order valence-electron chi connectivity index (χ4n) is 1.72. The van der Waals surface area contributed by atoms with Gasteiger partial charge in [-0.25, -0.2) is 13.8 Å². The standard InChI is InChI=1S/C10H13F2N3/c11-10(12)3-6-15(7-4-10)9-8(13)2-1-5-14-9/h1-2,5H,3-4,6-7,13H2. The Balaban J connectivity index is 2.11. The number of rotatable bonds is 1. The van der Waals surface area contributed by atoms with Gasteiger partial charge < -0.3 is 10.6 Å². The maximum atomic E-state index is 12.9. The molecule has 0 unspecified atom stereocenters. The largest absolute Gasteiger partial charge is 0.396 e. The third kappa shape index (κ3) is 2.16. The maximum Gasteiger partial charge on any atom is 0.251 e. The van der Waals surface area contributed by atoms with Gasteiger partial charge >= 0.3 is 0 Å². The van der Waals surface area contributed by atoms with Gasteiger partial charge in [0.1, 0.15) is 0 Å². The van der Waals surface area contributed by atoms with Gasteiger partial charge in [0.15, 0.2) is 5.82 Å². The molecular formula is C10H13F2N3. The van der Waals surface area contributed by atoms with E-state index in [-0.39, 0.29) is 12.8 Å². The molecule has 2 heterocycles. The van der Waals surface area contributed by atoms with Gasteiger partial charge in [-0.3, -0.25) is 0 Å². The van der Waals surface area contributed by atoms with Crippen LogP contribution in [-0.4, -0.2) is 24.0 Å². The number of halogens is 2. The average molecular weight is 213 g/mol. The average Bonchev–Trinajstić information content (AvgIpc) is 2.19. The molecule has 0 spiro atoms. The summed E-state index contributed by atoms with van der Waals surface area (Å²) in [4.78, 5) is 5.92. The van der Waals surface area contributed by atoms with Gasteiger partial charge in [0, 0.05) is 32.1 Å². The second-order valence-corrected chi connectivity index (χ2v) is 3.76. The van der Waals surface area contributed by atoms with Crippen LogP contribution >= 0.6 is 0 Å². The molecule has 1 aromatic rings. The quantitative estimate of drug-likeness (QED) is 0.774. The van der Waals surface area contributed by atoms with Gasteiger partial charge in [-0.1, -0.05) is 0 Å². The fourth-order valence-corrected chi connectivity index (χ4v) is 1.72. The van der Waals surface area contributed by atoms with Crippen molar-refractivity contribution in [3.8, 4) is 0 Å². The topological polar surface area (TPSA) is 42.1 Å². The van der Waals surface area contributed by atoms with E-state index in [4.69, 9.17) is 5.73 Å². The first-order valence-electron chi connectivity index (χ1n) is 4.92. The van der Waals surface area contributed by atoms with Crippen molar-refractivity contribution >= 4 is 11.5 Å². The fraction of sp³-hybridized carbons (Fsp3) is 0.500. The minimum atomic E-state index is -2.53. The Bertz CT molecular complexity index is 344. The Labute approximate surface area is 86.9 Å². The van der Waals surface area contributed by atoms with Crippen LogP contribution in [0.25, 0.3) is 0 Å². The monoisotopic (exact) mass is 213 g/mol. The van der Waals surface area contributed by atoms with Gasteiger partial charge in [-0.15, -0.1) is 0 Å². The second-order valence-electron chi connectivity index (χ2n) is 3.76. The van der Waals surface area contributed by atoms with Crippen LogP contribution in [0, 0.1) is 0 Å². The van der Waals surface area contributed by atoms with E-state index in [9.17, 15) is 8.78 Å². The van der Waals surface area contributed by atoms with Gasteiger partial charge in [0.2, 0.25) is 0 Å². The summed E-state index contributed by atoms with van der Waals surface area (Å²) in [5, 5.41) is 0. The minimum Gasteiger partial charge on any atom is -0.396 e. The highest BCUT2D eigenvalue weighted by Gasteiger charge is 2.34. The van der Waals surface area contributed by atoms with Gasteiger partial charge in [0.05, 0.1) is 5.69 Å². The Morgan fingerprint density at radius 1 is 1.33 bits per heavy atom. The van der Waals surface area contributed by atoms with Crippen LogP contribution in [0.4, 0.5) is 20.3 Å². The summed E-state index contributed by atoms with van der Waals surface area (Å²) in [6.07, 6.45) is 1.38. The van der Waals surface area contributed by atoms with E-state index in [1.54, 1.807) is 18.3 Å². The summed E-state index contributed by atoms with van der Waals surface area (Å²) in [6.45, 7) is 0.627. The molecule has 5 heteroatoms. The number of anilines is 2. The van der Waals surface area contributed by atoms with E-state index in [1.807, 2.05) is 4.90 Å². The molecule has 2 rings (SSSR count). The van der Waals surface area contributed by atoms with Gasteiger partial charge in [0.25, 0.3) is 5.92 Å². The minimum absolute atomic E-state index is 0.122. The number of hydrogen-bond acceptors (Lipinski definition) is 3. The van der Waals surface area contributed by atoms with Crippen molar-refractivity contribution in [2.24, 2.45) is 0 Å². The van der Waals surface area contributed by atoms with E-state index in [2.05, 4.69) is 4.98 Å². The van der Waals surface area contributed by atoms with Crippen LogP contribution in [0.2, 0.25) is 0 Å². The number of pyridine rings is 1. The highest BCUT2D eigenvalue weighted by atomic mass is 19.3. The lowest BCUT2D eigenvalue weighted by Gasteiger charge is -2.33. The highest BCUT2D eigenvalue weighted by molar-refractivity contribution is 5.62. The SMILES string of the molecule is Nc1cccnc1N1CCC(F)(F)CC1. The molecule has 0 radical (unpaired) electrons. The molecule has 0 aliphatic carbocycles. The molecule has 1 aromatic heterocycles. The number of nitrogen functional groups attached to an aromatic ring is 1. The van der Waals surface area contributed by atoms with Crippen molar-refractivity contribution in [1.82, 2.24) is 4.98 Å². The Morgan fingerprint density at radius 3 is 2.60 bits per heavy atom. The summed E-state index contributed by atoms with van der Waals surface area (Å²) in [7, 11) is 0. The highest BCUT2D eigenvalue weighted by Crippen LogP contribution is 2.31. The lowest BCUT2D eigenvalue weighted by molar-refractivity contribution is -0.0221. The number of piperidine rings is 1. The number of nitrogens with two attached hydrogens (primary N) is 1. The molecule has 15 heavy (non-hydrogen) atoms. The van der Waals surface area contributed by atoms with Crippen LogP contribution in [-0.2, 0) is 0 Å². The van der Waals surface area contributed by atoms with Crippen LogP contribution in [0.1, 0.15) is 12.8 Å². The van der Waals surface area contributed by atoms with E-state index in [0.29, 0.717) is 24.6 Å². The summed E-state index contributed by atoms with van der Waals surface area (Å²) >= 11 is 0. The van der Waals surface area contributed by atoms with Crippen molar-refractivity contribution < 1.29 is 8.78 Å². The lowest BCUT2D eigenvalue weighted by atomic mass is 10.1. The second kappa shape index (κ2) is 3.64. The van der Waals surface area contributed by atoms with E-state index in [1.165, 1.54) is 0 Å². The number of aromatic nitrogens is 1. The maximum absolute atomic E-state index is 12.9. The van der Waals surface area contributed by atoms with Gasteiger partial charge in [-0.05, 0) is 12.1 Å². The Hall–Kier alpha value is -1.39. The zero-order chi connectivity index (χ0) is 10.9. The molecular weight excluding hydrogens is 200 g/mol. The molecule has 0 atom stereocenters. The Morgan fingerprint density at radius 2 is 2.00 bits per heavy atom. The molecule has 82 valence electrons. The summed E-state index contributed by atoms with van der Waals surface area (Å²) in [5.41, 5.74) is 6.27. The van der Waals surface area contributed by atoms with E-state index >= 15 is 0 Å². The third-order valence-corrected chi connectivity index (χ3v) is 2.61. The smallest absolute Gasteiger partial charge is 0.251 e. The molecule has 1 aliphatic rings.